The molecule has 312 valence electrons. The summed E-state index contributed by atoms with van der Waals surface area (Å²) in [5, 5.41) is 6.52. The molecule has 17 heteroatoms. The van der Waals surface area contributed by atoms with Gasteiger partial charge in [-0.2, -0.15) is 0 Å². The number of carbonyl (C=O) groups is 6. The molecule has 0 aliphatic carbocycles. The quantitative estimate of drug-likeness (QED) is 0.124. The van der Waals surface area contributed by atoms with Crippen LogP contribution in [0.2, 0.25) is 5.02 Å². The van der Waals surface area contributed by atoms with Crippen molar-refractivity contribution in [2.24, 2.45) is 0 Å². The number of fused-ring (bicyclic) bond motifs is 2. The molecule has 9 rings (SSSR count). The van der Waals surface area contributed by atoms with Gasteiger partial charge in [-0.25, -0.2) is 9.97 Å². The number of amides is 5. The second-order valence-corrected chi connectivity index (χ2v) is 16.0. The van der Waals surface area contributed by atoms with Gasteiger partial charge in [0, 0.05) is 88.2 Å². The molecule has 3 saturated heterocycles. The normalized spacial score (nSPS) is 19.6. The average Bonchev–Trinajstić information content (AvgIpc) is 3.82. The van der Waals surface area contributed by atoms with Crippen molar-refractivity contribution in [1.29, 1.82) is 0 Å². The second-order valence-electron chi connectivity index (χ2n) is 15.6. The Balaban J connectivity index is 0.783. The first-order chi connectivity index (χ1) is 29.6. The van der Waals surface area contributed by atoms with Gasteiger partial charge < -0.3 is 24.8 Å². The summed E-state index contributed by atoms with van der Waals surface area (Å²) >= 11 is 6.63. The first-order valence-electron chi connectivity index (χ1n) is 20.4. The molecule has 4 aliphatic rings. The van der Waals surface area contributed by atoms with E-state index in [0.29, 0.717) is 91.7 Å². The maximum atomic E-state index is 13.9. The first kappa shape index (κ1) is 39.8. The number of imide groups is 2. The maximum absolute atomic E-state index is 13.9. The van der Waals surface area contributed by atoms with Gasteiger partial charge in [0.1, 0.15) is 35.3 Å². The van der Waals surface area contributed by atoms with Gasteiger partial charge in [-0.15, -0.1) is 0 Å². The summed E-state index contributed by atoms with van der Waals surface area (Å²) in [6, 6.07) is 18.3. The molecule has 3 fully saturated rings. The Hall–Kier alpha value is -6.65. The van der Waals surface area contributed by atoms with Crippen LogP contribution in [0, 0.1) is 0 Å². The lowest BCUT2D eigenvalue weighted by molar-refractivity contribution is -0.136. The van der Waals surface area contributed by atoms with E-state index in [0.717, 1.165) is 23.4 Å². The number of halogens is 1. The number of carbonyl (C=O) groups excluding carboxylic acids is 6. The van der Waals surface area contributed by atoms with Crippen molar-refractivity contribution in [3.63, 3.8) is 0 Å². The number of nitrogens with zero attached hydrogens (tertiary/aromatic N) is 6. The number of rotatable bonds is 11. The topological polar surface area (TPSA) is 190 Å². The molecule has 1 unspecified atom stereocenters. The van der Waals surface area contributed by atoms with Gasteiger partial charge in [-0.05, 0) is 61.7 Å². The van der Waals surface area contributed by atoms with Crippen LogP contribution in [0.4, 0.5) is 11.5 Å². The van der Waals surface area contributed by atoms with Crippen LogP contribution in [0.5, 0.6) is 11.5 Å². The molecular weight excluding hydrogens is 802 g/mol. The summed E-state index contributed by atoms with van der Waals surface area (Å²) < 4.78 is 5.89. The summed E-state index contributed by atoms with van der Waals surface area (Å²) in [7, 11) is 0. The number of hydrogen-bond acceptors (Lipinski definition) is 12. The number of H-pyrrole nitrogens is 1. The molecule has 16 nitrogen and oxygen atoms in total. The average molecular weight is 844 g/mol. The van der Waals surface area contributed by atoms with Gasteiger partial charge in [0.15, 0.2) is 5.78 Å². The zero-order valence-corrected chi connectivity index (χ0v) is 33.8. The highest BCUT2D eigenvalue weighted by Crippen LogP contribution is 2.33. The van der Waals surface area contributed by atoms with Crippen LogP contribution in [-0.2, 0) is 14.4 Å². The van der Waals surface area contributed by atoms with E-state index in [4.69, 9.17) is 16.3 Å². The van der Waals surface area contributed by atoms with Crippen LogP contribution >= 0.6 is 11.6 Å². The van der Waals surface area contributed by atoms with E-state index in [1.165, 1.54) is 6.33 Å². The number of likely N-dealkylation sites (tertiary alicyclic amines) is 1. The Morgan fingerprint density at radius 1 is 0.852 bits per heavy atom. The fourth-order valence-electron chi connectivity index (χ4n) is 8.58. The molecule has 3 N–H and O–H groups in total. The minimum Gasteiger partial charge on any atom is -0.457 e. The van der Waals surface area contributed by atoms with Crippen molar-refractivity contribution in [3.05, 3.63) is 107 Å². The fraction of sp³-hybridized carbons (Fsp3) is 0.318. The van der Waals surface area contributed by atoms with E-state index < -0.39 is 29.7 Å². The summed E-state index contributed by atoms with van der Waals surface area (Å²) in [5.74, 6) is -0.684. The van der Waals surface area contributed by atoms with Crippen molar-refractivity contribution in [2.45, 2.75) is 44.2 Å². The Kier molecular flexibility index (Phi) is 10.9. The fourth-order valence-corrected chi connectivity index (χ4v) is 8.83. The molecule has 6 heterocycles. The molecule has 0 saturated carbocycles. The lowest BCUT2D eigenvalue weighted by atomic mass is 10.0. The highest BCUT2D eigenvalue weighted by molar-refractivity contribution is 6.36. The molecule has 0 spiro atoms. The predicted octanol–water partition coefficient (Wildman–Crippen LogP) is 4.65. The van der Waals surface area contributed by atoms with Gasteiger partial charge in [-0.1, -0.05) is 29.8 Å². The highest BCUT2D eigenvalue weighted by atomic mass is 35.5. The number of benzene rings is 3. The smallest absolute Gasteiger partial charge is 0.262 e. The maximum Gasteiger partial charge on any atom is 0.262 e. The van der Waals surface area contributed by atoms with E-state index in [9.17, 15) is 28.8 Å². The van der Waals surface area contributed by atoms with E-state index >= 15 is 0 Å². The zero-order valence-electron chi connectivity index (χ0n) is 33.1. The molecule has 0 radical (unpaired) electrons. The van der Waals surface area contributed by atoms with Crippen molar-refractivity contribution in [1.82, 2.24) is 35.0 Å². The van der Waals surface area contributed by atoms with Gasteiger partial charge >= 0.3 is 0 Å². The second kappa shape index (κ2) is 16.8. The Labute approximate surface area is 355 Å². The number of nitrogens with one attached hydrogen (secondary N) is 3. The number of piperidine rings is 2. The van der Waals surface area contributed by atoms with E-state index in [2.05, 4.69) is 35.4 Å². The molecule has 3 aromatic carbocycles. The molecule has 0 bridgehead atoms. The Morgan fingerprint density at radius 3 is 2.44 bits per heavy atom. The minimum atomic E-state index is -1.01. The number of ether oxygens (including phenoxy) is 1. The van der Waals surface area contributed by atoms with Crippen LogP contribution in [0.25, 0.3) is 11.0 Å². The molecule has 5 aromatic rings. The molecule has 61 heavy (non-hydrogen) atoms. The van der Waals surface area contributed by atoms with Crippen LogP contribution in [-0.4, -0.2) is 123 Å². The molecular formula is C44H42ClN9O7. The number of para-hydroxylation sites is 1. The SMILES string of the molecule is O=C1CCC(N2C(=O)c3ccc(N4CCN(CCC(=O)N5CCC[C@@H](Nc6ncnc7[nH]cc(C(=O)c8ccc(Oc9ccccc9)cc8Cl)c67)C5)CC4)cc3C2=O)C(=O)N1. The highest BCUT2D eigenvalue weighted by Gasteiger charge is 2.45. The number of piperazine rings is 1. The Bertz CT molecular complexity index is 2570. The first-order valence-corrected chi connectivity index (χ1v) is 20.8. The lowest BCUT2D eigenvalue weighted by Gasteiger charge is -2.37. The number of hydrogen-bond donors (Lipinski definition) is 3. The summed E-state index contributed by atoms with van der Waals surface area (Å²) in [6.45, 7) is 4.49. The van der Waals surface area contributed by atoms with Crippen molar-refractivity contribution in [3.8, 4) is 11.5 Å². The minimum absolute atomic E-state index is 0.0641. The third kappa shape index (κ3) is 8.03. The monoisotopic (exact) mass is 843 g/mol. The van der Waals surface area contributed by atoms with E-state index in [1.807, 2.05) is 41.3 Å². The van der Waals surface area contributed by atoms with Gasteiger partial charge in [-0.3, -0.25) is 43.9 Å². The van der Waals surface area contributed by atoms with Crippen molar-refractivity contribution in [2.75, 3.05) is 56.0 Å². The molecule has 2 aromatic heterocycles. The number of aromatic amines is 1. The number of ketones is 1. The van der Waals surface area contributed by atoms with Crippen LogP contribution in [0.15, 0.2) is 79.3 Å². The summed E-state index contributed by atoms with van der Waals surface area (Å²) in [6.07, 6.45) is 5.21. The molecule has 4 aliphatic heterocycles. The Morgan fingerprint density at radius 2 is 1.66 bits per heavy atom. The van der Waals surface area contributed by atoms with Gasteiger partial charge in [0.2, 0.25) is 17.7 Å². The van der Waals surface area contributed by atoms with Crippen molar-refractivity contribution >= 4 is 69.5 Å². The van der Waals surface area contributed by atoms with E-state index in [1.54, 1.807) is 36.5 Å². The summed E-state index contributed by atoms with van der Waals surface area (Å²) in [4.78, 5) is 97.3. The number of aromatic nitrogens is 3. The van der Waals surface area contributed by atoms with Gasteiger partial charge in [0.05, 0.1) is 27.1 Å². The van der Waals surface area contributed by atoms with Crippen LogP contribution in [0.3, 0.4) is 0 Å². The summed E-state index contributed by atoms with van der Waals surface area (Å²) in [5.41, 5.74) is 2.49. The van der Waals surface area contributed by atoms with Crippen LogP contribution in [0.1, 0.15) is 68.7 Å². The van der Waals surface area contributed by atoms with E-state index in [-0.39, 0.29) is 46.7 Å². The largest absolute Gasteiger partial charge is 0.457 e. The number of anilines is 2. The third-order valence-electron chi connectivity index (χ3n) is 11.8. The third-order valence-corrected chi connectivity index (χ3v) is 12.1. The predicted molar refractivity (Wildman–Crippen MR) is 225 cm³/mol. The lowest BCUT2D eigenvalue weighted by Crippen LogP contribution is -2.54. The van der Waals surface area contributed by atoms with Crippen LogP contribution < -0.4 is 20.3 Å². The molecule has 5 amide bonds. The van der Waals surface area contributed by atoms with Gasteiger partial charge in [0.25, 0.3) is 11.8 Å². The zero-order chi connectivity index (χ0) is 42.2. The molecule has 2 atom stereocenters. The van der Waals surface area contributed by atoms with Crippen molar-refractivity contribution < 1.29 is 33.5 Å². The standard InChI is InChI=1S/C44H42ClN9O7/c45-34-22-29(61-28-6-2-1-3-7-28)9-11-31(34)39(57)33-23-46-40-38(33)41(48-25-47-40)49-26-5-4-15-53(24-26)37(56)14-16-51-17-19-52(20-18-51)27-8-10-30-32(21-27)44(60)54(43(30)59)35-12-13-36(55)50-42(35)58/h1-3,6-11,21-23,25-26,35H,4-5,12-20,24H2,(H,50,55,58)(H2,46,47,48,49)/t26-,35?/m1/s1.